The fourth-order valence-corrected chi connectivity index (χ4v) is 13.4. The Kier molecular flexibility index (Phi) is 19.7. The van der Waals surface area contributed by atoms with E-state index in [0.717, 1.165) is 40.2 Å². The van der Waals surface area contributed by atoms with Crippen LogP contribution < -0.4 is 20.8 Å². The van der Waals surface area contributed by atoms with Crippen LogP contribution in [0.4, 0.5) is 11.4 Å². The molecule has 9 rings (SSSR count). The first-order valence-corrected chi connectivity index (χ1v) is 30.4. The molecule has 3 fully saturated rings. The van der Waals surface area contributed by atoms with E-state index in [-0.39, 0.29) is 85.3 Å². The number of ketones is 2. The number of imide groups is 1. The summed E-state index contributed by atoms with van der Waals surface area (Å²) >= 11 is 0. The molecule has 3 saturated heterocycles. The van der Waals surface area contributed by atoms with Gasteiger partial charge in [0.1, 0.15) is 46.2 Å². The lowest BCUT2D eigenvalue weighted by Crippen LogP contribution is -2.59. The minimum Gasteiger partial charge on any atom is -0.507 e. The van der Waals surface area contributed by atoms with Crippen LogP contribution in [0.2, 0.25) is 0 Å². The highest BCUT2D eigenvalue weighted by Crippen LogP contribution is 2.53. The lowest BCUT2D eigenvalue weighted by atomic mass is 9.67. The average Bonchev–Trinajstić information content (AvgIpc) is 1.40. The van der Waals surface area contributed by atoms with E-state index in [2.05, 4.69) is 21.2 Å². The van der Waals surface area contributed by atoms with E-state index in [0.29, 0.717) is 32.5 Å². The molecular weight excluding hydrogens is 1190 g/mol. The summed E-state index contributed by atoms with van der Waals surface area (Å²) in [6.07, 6.45) is -0.910. The Morgan fingerprint density at radius 3 is 2.39 bits per heavy atom. The second-order valence-corrected chi connectivity index (χ2v) is 24.2. The van der Waals surface area contributed by atoms with Gasteiger partial charge in [-0.15, -0.1) is 0 Å². The molecule has 0 saturated carbocycles. The van der Waals surface area contributed by atoms with Gasteiger partial charge in [0.2, 0.25) is 23.5 Å². The number of rotatable bonds is 22. The first-order chi connectivity index (χ1) is 42.3. The summed E-state index contributed by atoms with van der Waals surface area (Å²) in [7, 11) is -2.12. The minimum absolute atomic E-state index is 0.0157. The van der Waals surface area contributed by atoms with Crippen molar-refractivity contribution in [1.29, 1.82) is 0 Å². The van der Waals surface area contributed by atoms with Crippen molar-refractivity contribution < 1.29 is 101 Å². The Morgan fingerprint density at radius 1 is 0.978 bits per heavy atom. The summed E-state index contributed by atoms with van der Waals surface area (Å²) in [5.74, 6) is -10.4. The number of aliphatic hydroxyl groups excluding tert-OH is 2. The van der Waals surface area contributed by atoms with E-state index in [1.807, 2.05) is 4.90 Å². The number of nitro groups is 1. The number of hydrogen-bond donors (Lipinski definition) is 9. The van der Waals surface area contributed by atoms with Crippen LogP contribution in [0.3, 0.4) is 0 Å². The van der Waals surface area contributed by atoms with Crippen molar-refractivity contribution >= 4 is 74.2 Å². The number of nitrogens with zero attached hydrogens (tertiary/aromatic N) is 5. The van der Waals surface area contributed by atoms with Crippen molar-refractivity contribution in [3.8, 4) is 17.2 Å². The predicted molar refractivity (Wildman–Crippen MR) is 308 cm³/mol. The van der Waals surface area contributed by atoms with Crippen LogP contribution in [0.25, 0.3) is 0 Å². The summed E-state index contributed by atoms with van der Waals surface area (Å²) in [5.41, 5.74) is -4.21. The van der Waals surface area contributed by atoms with E-state index < -0.39 is 181 Å². The zero-order chi connectivity index (χ0) is 64.4. The molecule has 0 spiro atoms. The Labute approximate surface area is 508 Å². The molecule has 478 valence electrons. The van der Waals surface area contributed by atoms with Crippen molar-refractivity contribution in [3.63, 3.8) is 0 Å². The Balaban J connectivity index is 0.933. The van der Waals surface area contributed by atoms with Gasteiger partial charge in [-0.1, -0.05) is 18.6 Å². The summed E-state index contributed by atoms with van der Waals surface area (Å²) in [4.78, 5) is 123. The number of methoxy groups -OCH3 is 2. The zero-order valence-corrected chi connectivity index (χ0v) is 49.4. The third-order valence-electron chi connectivity index (χ3n) is 17.1. The number of aliphatic hydroxyl groups is 3. The van der Waals surface area contributed by atoms with Gasteiger partial charge in [0.15, 0.2) is 12.1 Å². The summed E-state index contributed by atoms with van der Waals surface area (Å²) < 4.78 is 56.7. The standard InChI is InChI=1S/C58H68N8O22S/c1-29-50(71)39(63-19-20-87-45(26-63)86-3)23-32(88-29)21-30-24-58(79,25-35-46(30)53(74)49-48(52(35)73)51(72)34-9-7-11-40(85-2)47(34)54(49)75)41(27-67)61-62-55(76)33-14-13-31(22-38(33)66(80)81)59-56(77)37-10-8-18-64(37)57(78)36(28-89(82,83)84)60-42(68)12-5-4-6-17-65-43(69)15-16-44(65)70/h7,9,11,13-16,22,29-30,32,36-37,39,45,50,67,71,73-74,79H,4-6,8,10,12,17-21,23-28H2,1-3H3,(H,59,77)(H,60,68)(H,62,76)(H,82,83,84)/b61-41+/t29-,30+,32-,36-,37+,39-,45+,50+,58-/m0/s1. The zero-order valence-electron chi connectivity index (χ0n) is 48.6. The highest BCUT2D eigenvalue weighted by atomic mass is 32.2. The average molecular weight is 1260 g/mol. The van der Waals surface area contributed by atoms with Gasteiger partial charge in [-0.2, -0.15) is 13.5 Å². The van der Waals surface area contributed by atoms with Crippen LogP contribution in [0.5, 0.6) is 17.2 Å². The van der Waals surface area contributed by atoms with E-state index in [4.69, 9.17) is 18.9 Å². The van der Waals surface area contributed by atoms with E-state index >= 15 is 0 Å². The number of unbranched alkanes of at least 4 members (excludes halogenated alkanes) is 2. The molecular formula is C58H68N8O22S. The molecule has 2 aliphatic carbocycles. The monoisotopic (exact) mass is 1260 g/mol. The molecule has 4 aliphatic heterocycles. The molecule has 9 atom stereocenters. The molecule has 89 heavy (non-hydrogen) atoms. The van der Waals surface area contributed by atoms with Crippen LogP contribution in [-0.2, 0) is 54.7 Å². The molecule has 31 heteroatoms. The molecule has 3 aromatic rings. The number of anilines is 1. The molecule has 0 radical (unpaired) electrons. The number of carbonyl (C=O) groups excluding carboxylic acids is 8. The number of ether oxygens (including phenoxy) is 4. The maximum absolute atomic E-state index is 14.4. The number of hydrogen-bond acceptors (Lipinski definition) is 23. The molecule has 0 unspecified atom stereocenters. The molecule has 9 N–H and O–H groups in total. The highest BCUT2D eigenvalue weighted by Gasteiger charge is 2.50. The molecule has 6 amide bonds. The SMILES string of the molecule is COc1cccc2c1C(=O)c1c(O)c3c(c(O)c1C2=O)C[C@](O)(/C(CO)=N/NC(=O)c1ccc(NC(=O)[C@H]2CCCN2C(=O)[C@H](CS(=O)(=O)O)NC(=O)CCCCCN2C(=O)C=CC2=O)cc1[N+](=O)[O-])C[C@H]3C[C@H]1C[C@H](N2CCO[C@@H](OC)C2)[C@H](O)[C@H](C)O1. The molecule has 0 bridgehead atoms. The van der Waals surface area contributed by atoms with Gasteiger partial charge in [-0.3, -0.25) is 62.8 Å². The number of likely N-dealkylation sites (tertiary alicyclic amines) is 1. The van der Waals surface area contributed by atoms with Gasteiger partial charge in [0.05, 0.1) is 66.0 Å². The maximum atomic E-state index is 14.4. The van der Waals surface area contributed by atoms with Gasteiger partial charge in [0.25, 0.3) is 33.5 Å². The maximum Gasteiger partial charge on any atom is 0.284 e. The van der Waals surface area contributed by atoms with E-state index in [1.54, 1.807) is 6.92 Å². The van der Waals surface area contributed by atoms with Gasteiger partial charge < -0.3 is 60.0 Å². The van der Waals surface area contributed by atoms with Crippen LogP contribution in [0.1, 0.15) is 124 Å². The molecule has 30 nitrogen and oxygen atoms in total. The van der Waals surface area contributed by atoms with Crippen LogP contribution in [0, 0.1) is 10.1 Å². The molecule has 6 aliphatic rings. The third kappa shape index (κ3) is 13.7. The number of nitro benzene ring substituents is 1. The highest BCUT2D eigenvalue weighted by molar-refractivity contribution is 7.85. The fraction of sp³-hybridized carbons (Fsp3) is 0.500. The number of aromatic hydroxyl groups is 2. The Morgan fingerprint density at radius 2 is 1.71 bits per heavy atom. The van der Waals surface area contributed by atoms with Crippen molar-refractivity contribution in [3.05, 3.63) is 97.6 Å². The number of benzene rings is 3. The number of carbonyl (C=O) groups is 8. The van der Waals surface area contributed by atoms with Crippen molar-refractivity contribution in [2.45, 2.75) is 125 Å². The van der Waals surface area contributed by atoms with Crippen molar-refractivity contribution in [1.82, 2.24) is 25.4 Å². The van der Waals surface area contributed by atoms with Gasteiger partial charge in [-0.25, -0.2) is 5.43 Å². The molecule has 4 heterocycles. The number of morpholine rings is 1. The smallest absolute Gasteiger partial charge is 0.284 e. The molecule has 0 aromatic heterocycles. The van der Waals surface area contributed by atoms with Crippen molar-refractivity contribution in [2.24, 2.45) is 5.10 Å². The summed E-state index contributed by atoms with van der Waals surface area (Å²) in [6.45, 7) is 1.61. The second-order valence-electron chi connectivity index (χ2n) is 22.7. The second kappa shape index (κ2) is 26.9. The predicted octanol–water partition coefficient (Wildman–Crippen LogP) is 0.718. The van der Waals surface area contributed by atoms with E-state index in [9.17, 15) is 87.0 Å². The van der Waals surface area contributed by atoms with Gasteiger partial charge >= 0.3 is 0 Å². The van der Waals surface area contributed by atoms with Gasteiger partial charge in [0, 0.05) is 92.8 Å². The lowest BCUT2D eigenvalue weighted by Gasteiger charge is -2.47. The number of fused-ring (bicyclic) bond motifs is 3. The topological polar surface area (TPSA) is 430 Å². The minimum atomic E-state index is -4.89. The lowest BCUT2D eigenvalue weighted by molar-refractivity contribution is -0.385. The third-order valence-corrected chi connectivity index (χ3v) is 17.8. The largest absolute Gasteiger partial charge is 0.507 e. The van der Waals surface area contributed by atoms with E-state index in [1.165, 1.54) is 32.4 Å². The summed E-state index contributed by atoms with van der Waals surface area (Å²) in [5, 5.41) is 81.1. The number of phenols is 2. The number of hydrazone groups is 1. The van der Waals surface area contributed by atoms with Gasteiger partial charge in [-0.05, 0) is 76.0 Å². The fourth-order valence-electron chi connectivity index (χ4n) is 12.8. The Bertz CT molecular complexity index is 3540. The number of amides is 6. The van der Waals surface area contributed by atoms with Crippen LogP contribution >= 0.6 is 0 Å². The number of nitrogens with one attached hydrogen (secondary N) is 3. The quantitative estimate of drug-likeness (QED) is 0.00995. The first kappa shape index (κ1) is 65.3. The van der Waals surface area contributed by atoms with Crippen LogP contribution in [-0.4, -0.2) is 219 Å². The van der Waals surface area contributed by atoms with Crippen LogP contribution in [0.15, 0.2) is 53.7 Å². The normalized spacial score (nSPS) is 24.8. The van der Waals surface area contributed by atoms with Crippen molar-refractivity contribution in [2.75, 3.05) is 64.7 Å². The molecule has 3 aromatic carbocycles. The Hall–Kier alpha value is -8.14. The first-order valence-electron chi connectivity index (χ1n) is 28.7. The number of phenolic OH excluding ortho intramolecular Hbond substituents is 2. The summed E-state index contributed by atoms with van der Waals surface area (Å²) in [6, 6.07) is 3.46.